The third kappa shape index (κ3) is 4.19. The Labute approximate surface area is 173 Å². The Bertz CT molecular complexity index is 1160. The second-order valence-corrected chi connectivity index (χ2v) is 6.91. The summed E-state index contributed by atoms with van der Waals surface area (Å²) in [6.45, 7) is 1.26. The number of rotatable bonds is 6. The average molecular weight is 399 g/mol. The van der Waals surface area contributed by atoms with E-state index >= 15 is 0 Å². The van der Waals surface area contributed by atoms with Crippen molar-refractivity contribution in [2.75, 3.05) is 5.32 Å². The third-order valence-corrected chi connectivity index (χ3v) is 5.01. The molecule has 6 heteroatoms. The van der Waals surface area contributed by atoms with Crippen LogP contribution >= 0.6 is 0 Å². The summed E-state index contributed by atoms with van der Waals surface area (Å²) in [6.07, 6.45) is 0. The van der Waals surface area contributed by atoms with Crippen molar-refractivity contribution in [2.24, 2.45) is 11.8 Å². The molecule has 0 fully saturated rings. The standard InChI is InChI=1S/C24H18FN3O2/c1-15(29)22(24(30)28-19-11-9-18(25)10-12-19)23(17(13-26)14-27)21-8-4-6-16-5-2-3-7-20(16)21/h2-12,17,22-23H,1H3,(H,28,30)/t22-,23-/m1/s1. The molecule has 0 heterocycles. The van der Waals surface area contributed by atoms with Crippen molar-refractivity contribution in [3.8, 4) is 12.1 Å². The molecule has 3 aromatic carbocycles. The zero-order chi connectivity index (χ0) is 21.7. The Morgan fingerprint density at radius 2 is 1.57 bits per heavy atom. The van der Waals surface area contributed by atoms with Gasteiger partial charge in [0, 0.05) is 11.6 Å². The van der Waals surface area contributed by atoms with E-state index in [0.717, 1.165) is 10.8 Å². The lowest BCUT2D eigenvalue weighted by molar-refractivity contribution is -0.131. The predicted octanol–water partition coefficient (Wildman–Crippen LogP) is 4.57. The maximum atomic E-state index is 13.2. The maximum Gasteiger partial charge on any atom is 0.235 e. The minimum atomic E-state index is -1.27. The summed E-state index contributed by atoms with van der Waals surface area (Å²) < 4.78 is 13.2. The molecule has 0 aliphatic heterocycles. The summed E-state index contributed by atoms with van der Waals surface area (Å²) in [7, 11) is 0. The normalized spacial score (nSPS) is 12.6. The van der Waals surface area contributed by atoms with Crippen LogP contribution in [0.15, 0.2) is 66.7 Å². The van der Waals surface area contributed by atoms with Gasteiger partial charge in [0.1, 0.15) is 23.4 Å². The van der Waals surface area contributed by atoms with Gasteiger partial charge in [0.2, 0.25) is 5.91 Å². The van der Waals surface area contributed by atoms with Gasteiger partial charge in [0.25, 0.3) is 0 Å². The topological polar surface area (TPSA) is 93.8 Å². The van der Waals surface area contributed by atoms with E-state index in [1.807, 2.05) is 42.5 Å². The number of carbonyl (C=O) groups excluding carboxylic acids is 2. The maximum absolute atomic E-state index is 13.2. The number of ketones is 1. The van der Waals surface area contributed by atoms with Crippen molar-refractivity contribution in [2.45, 2.75) is 12.8 Å². The first kappa shape index (κ1) is 20.7. The fourth-order valence-corrected chi connectivity index (χ4v) is 3.64. The zero-order valence-electron chi connectivity index (χ0n) is 16.2. The number of nitriles is 2. The smallest absolute Gasteiger partial charge is 0.235 e. The van der Waals surface area contributed by atoms with E-state index in [-0.39, 0.29) is 0 Å². The lowest BCUT2D eigenvalue weighted by Crippen LogP contribution is -2.36. The van der Waals surface area contributed by atoms with Crippen LogP contribution in [0.1, 0.15) is 18.4 Å². The number of benzene rings is 3. The van der Waals surface area contributed by atoms with E-state index < -0.39 is 35.3 Å². The molecule has 0 spiro atoms. The molecule has 0 aliphatic rings. The molecule has 0 saturated carbocycles. The monoisotopic (exact) mass is 399 g/mol. The minimum Gasteiger partial charge on any atom is -0.325 e. The van der Waals surface area contributed by atoms with E-state index in [1.54, 1.807) is 12.1 Å². The molecule has 30 heavy (non-hydrogen) atoms. The largest absolute Gasteiger partial charge is 0.325 e. The van der Waals surface area contributed by atoms with Crippen molar-refractivity contribution < 1.29 is 14.0 Å². The number of fused-ring (bicyclic) bond motifs is 1. The highest BCUT2D eigenvalue weighted by molar-refractivity contribution is 6.08. The van der Waals surface area contributed by atoms with Crippen LogP contribution in [0.2, 0.25) is 0 Å². The molecule has 3 aromatic rings. The number of hydrogen-bond acceptors (Lipinski definition) is 4. The van der Waals surface area contributed by atoms with Crippen LogP contribution in [-0.4, -0.2) is 11.7 Å². The van der Waals surface area contributed by atoms with Crippen LogP contribution in [0.4, 0.5) is 10.1 Å². The van der Waals surface area contributed by atoms with Gasteiger partial charge in [-0.25, -0.2) is 4.39 Å². The number of nitrogens with one attached hydrogen (secondary N) is 1. The summed E-state index contributed by atoms with van der Waals surface area (Å²) in [5.74, 6) is -5.04. The SMILES string of the molecule is CC(=O)[C@@H](C(=O)Nc1ccc(F)cc1)[C@@H](c1cccc2ccccc12)C(C#N)C#N. The molecular formula is C24H18FN3O2. The van der Waals surface area contributed by atoms with Gasteiger partial charge >= 0.3 is 0 Å². The second-order valence-electron chi connectivity index (χ2n) is 6.91. The van der Waals surface area contributed by atoms with Crippen LogP contribution < -0.4 is 5.32 Å². The molecule has 5 nitrogen and oxygen atoms in total. The molecule has 0 unspecified atom stereocenters. The highest BCUT2D eigenvalue weighted by atomic mass is 19.1. The van der Waals surface area contributed by atoms with Gasteiger partial charge in [-0.15, -0.1) is 0 Å². The van der Waals surface area contributed by atoms with Crippen LogP contribution in [0.5, 0.6) is 0 Å². The van der Waals surface area contributed by atoms with Crippen molar-refractivity contribution in [3.63, 3.8) is 0 Å². The fourth-order valence-electron chi connectivity index (χ4n) is 3.64. The van der Waals surface area contributed by atoms with Gasteiger partial charge in [-0.3, -0.25) is 9.59 Å². The highest BCUT2D eigenvalue weighted by Crippen LogP contribution is 2.37. The van der Waals surface area contributed by atoms with Crippen molar-refractivity contribution in [1.82, 2.24) is 0 Å². The molecule has 2 atom stereocenters. The summed E-state index contributed by atoms with van der Waals surface area (Å²) in [6, 6.07) is 21.8. The van der Waals surface area contributed by atoms with Crippen LogP contribution in [-0.2, 0) is 9.59 Å². The van der Waals surface area contributed by atoms with Crippen molar-refractivity contribution in [3.05, 3.63) is 78.1 Å². The van der Waals surface area contributed by atoms with Crippen LogP contribution in [0, 0.1) is 40.3 Å². The lowest BCUT2D eigenvalue weighted by atomic mass is 9.74. The molecule has 0 bridgehead atoms. The molecule has 0 aromatic heterocycles. The van der Waals surface area contributed by atoms with E-state index in [4.69, 9.17) is 0 Å². The Balaban J connectivity index is 2.11. The van der Waals surface area contributed by atoms with Gasteiger partial charge in [-0.05, 0) is 47.5 Å². The van der Waals surface area contributed by atoms with E-state index in [1.165, 1.54) is 31.2 Å². The summed E-state index contributed by atoms with van der Waals surface area (Å²) in [5.41, 5.74) is 0.894. The van der Waals surface area contributed by atoms with Gasteiger partial charge in [-0.2, -0.15) is 10.5 Å². The molecule has 1 amide bonds. The van der Waals surface area contributed by atoms with E-state index in [2.05, 4.69) is 5.32 Å². The Hall–Kier alpha value is -4.03. The predicted molar refractivity (Wildman–Crippen MR) is 111 cm³/mol. The molecule has 0 saturated heterocycles. The Morgan fingerprint density at radius 3 is 2.20 bits per heavy atom. The van der Waals surface area contributed by atoms with E-state index in [9.17, 15) is 24.5 Å². The van der Waals surface area contributed by atoms with Crippen LogP contribution in [0.25, 0.3) is 10.8 Å². The highest BCUT2D eigenvalue weighted by Gasteiger charge is 2.40. The number of halogens is 1. The summed E-state index contributed by atoms with van der Waals surface area (Å²) in [4.78, 5) is 25.7. The van der Waals surface area contributed by atoms with Gasteiger partial charge in [0.15, 0.2) is 0 Å². The first-order valence-electron chi connectivity index (χ1n) is 9.30. The molecule has 1 N–H and O–H groups in total. The van der Waals surface area contributed by atoms with Gasteiger partial charge < -0.3 is 5.32 Å². The van der Waals surface area contributed by atoms with Crippen LogP contribution in [0.3, 0.4) is 0 Å². The molecular weight excluding hydrogens is 381 g/mol. The number of carbonyl (C=O) groups is 2. The molecule has 0 radical (unpaired) electrons. The zero-order valence-corrected chi connectivity index (χ0v) is 16.2. The number of amides is 1. The van der Waals surface area contributed by atoms with E-state index in [0.29, 0.717) is 11.3 Å². The van der Waals surface area contributed by atoms with Gasteiger partial charge in [-0.1, -0.05) is 42.5 Å². The average Bonchev–Trinajstić information content (AvgIpc) is 2.75. The first-order chi connectivity index (χ1) is 14.5. The molecule has 3 rings (SSSR count). The fraction of sp³-hybridized carbons (Fsp3) is 0.167. The first-order valence-corrected chi connectivity index (χ1v) is 9.30. The second kappa shape index (κ2) is 8.98. The Kier molecular flexibility index (Phi) is 6.20. The summed E-state index contributed by atoms with van der Waals surface area (Å²) >= 11 is 0. The summed E-state index contributed by atoms with van der Waals surface area (Å²) in [5, 5.41) is 23.5. The number of Topliss-reactive ketones (excluding diaryl/α,β-unsaturated/α-hetero) is 1. The van der Waals surface area contributed by atoms with Gasteiger partial charge in [0.05, 0.1) is 12.1 Å². The quantitative estimate of drug-likeness (QED) is 0.615. The number of anilines is 1. The third-order valence-electron chi connectivity index (χ3n) is 5.01. The molecule has 0 aliphatic carbocycles. The number of hydrogen-bond donors (Lipinski definition) is 1. The number of nitrogens with zero attached hydrogens (tertiary/aromatic N) is 2. The van der Waals surface area contributed by atoms with Crippen molar-refractivity contribution >= 4 is 28.2 Å². The minimum absolute atomic E-state index is 0.315. The lowest BCUT2D eigenvalue weighted by Gasteiger charge is -2.26. The molecule has 148 valence electrons. The Morgan fingerprint density at radius 1 is 0.933 bits per heavy atom. The van der Waals surface area contributed by atoms with Crippen molar-refractivity contribution in [1.29, 1.82) is 10.5 Å².